The maximum atomic E-state index is 12.4. The fourth-order valence-corrected chi connectivity index (χ4v) is 4.13. The van der Waals surface area contributed by atoms with Crippen LogP contribution in [0.25, 0.3) is 0 Å². The first-order valence-electron chi connectivity index (χ1n) is 7.61. The van der Waals surface area contributed by atoms with Crippen molar-refractivity contribution in [3.05, 3.63) is 0 Å². The van der Waals surface area contributed by atoms with Gasteiger partial charge in [-0.25, -0.2) is 4.79 Å². The molecule has 2 heterocycles. The van der Waals surface area contributed by atoms with Gasteiger partial charge in [0.15, 0.2) is 0 Å². The van der Waals surface area contributed by atoms with Crippen molar-refractivity contribution in [3.63, 3.8) is 0 Å². The van der Waals surface area contributed by atoms with E-state index in [-0.39, 0.29) is 17.9 Å². The average molecular weight is 267 g/mol. The number of rotatable bonds is 0. The Morgan fingerprint density at radius 1 is 1.05 bits per heavy atom. The average Bonchev–Trinajstić information content (AvgIpc) is 2.92. The van der Waals surface area contributed by atoms with Crippen LogP contribution in [0.5, 0.6) is 0 Å². The molecule has 19 heavy (non-hydrogen) atoms. The maximum Gasteiger partial charge on any atom is 0.371 e. The highest BCUT2D eigenvalue weighted by molar-refractivity contribution is 5.81. The molecule has 2 saturated heterocycles. The summed E-state index contributed by atoms with van der Waals surface area (Å²) in [6.07, 6.45) is 9.28. The molecule has 0 aromatic carbocycles. The Balaban J connectivity index is 1.62. The number of hydrogen-bond donors (Lipinski definition) is 1. The van der Waals surface area contributed by atoms with Crippen molar-refractivity contribution in [2.75, 3.05) is 0 Å². The Morgan fingerprint density at radius 3 is 2.68 bits per heavy atom. The van der Waals surface area contributed by atoms with E-state index in [1.807, 2.05) is 0 Å². The molecule has 0 radical (unpaired) electrons. The van der Waals surface area contributed by atoms with Crippen LogP contribution in [0.3, 0.4) is 0 Å². The highest BCUT2D eigenvalue weighted by Gasteiger charge is 2.67. The third kappa shape index (κ3) is 1.68. The predicted octanol–water partition coefficient (Wildman–Crippen LogP) is 2.01. The molecule has 3 atom stereocenters. The van der Waals surface area contributed by atoms with Crippen molar-refractivity contribution in [3.8, 4) is 0 Å². The molecule has 0 bridgehead atoms. The Bertz CT molecular complexity index is 393. The molecule has 0 aromatic heterocycles. The molecule has 5 nitrogen and oxygen atoms in total. The minimum absolute atomic E-state index is 0.107. The van der Waals surface area contributed by atoms with E-state index in [1.165, 1.54) is 12.8 Å². The van der Waals surface area contributed by atoms with E-state index in [1.54, 1.807) is 0 Å². The first kappa shape index (κ1) is 12.1. The number of ether oxygens (including phenoxy) is 2. The van der Waals surface area contributed by atoms with E-state index in [0.717, 1.165) is 44.9 Å². The molecule has 0 amide bonds. The van der Waals surface area contributed by atoms with Crippen molar-refractivity contribution in [1.29, 1.82) is 0 Å². The van der Waals surface area contributed by atoms with Crippen LogP contribution in [0.15, 0.2) is 0 Å². The minimum atomic E-state index is -1.16. The third-order valence-electron chi connectivity index (χ3n) is 5.13. The second kappa shape index (κ2) is 4.17. The Labute approximate surface area is 112 Å². The molecule has 5 heteroatoms. The monoisotopic (exact) mass is 267 g/mol. The molecule has 2 aliphatic carbocycles. The summed E-state index contributed by atoms with van der Waals surface area (Å²) in [4.78, 5) is 18.1. The normalized spacial score (nSPS) is 44.5. The van der Waals surface area contributed by atoms with Crippen LogP contribution in [-0.2, 0) is 19.1 Å². The Hall–Kier alpha value is -0.650. The predicted molar refractivity (Wildman–Crippen MR) is 65.7 cm³/mol. The SMILES string of the molecule is O=C1OC2(CCCCC2)OC12ON[C@@H]1CCCCC12. The number of hydroxylamine groups is 1. The van der Waals surface area contributed by atoms with E-state index in [9.17, 15) is 4.79 Å². The summed E-state index contributed by atoms with van der Waals surface area (Å²) in [5, 5.41) is 0. The van der Waals surface area contributed by atoms with Crippen LogP contribution in [0, 0.1) is 5.92 Å². The zero-order valence-electron chi connectivity index (χ0n) is 11.2. The van der Waals surface area contributed by atoms with Crippen molar-refractivity contribution in [1.82, 2.24) is 5.48 Å². The fourth-order valence-electron chi connectivity index (χ4n) is 4.13. The minimum Gasteiger partial charge on any atom is -0.429 e. The van der Waals surface area contributed by atoms with Crippen molar-refractivity contribution < 1.29 is 19.1 Å². The molecular weight excluding hydrogens is 246 g/mol. The van der Waals surface area contributed by atoms with Gasteiger partial charge in [-0.1, -0.05) is 19.3 Å². The van der Waals surface area contributed by atoms with Crippen LogP contribution < -0.4 is 5.48 Å². The first-order chi connectivity index (χ1) is 9.24. The van der Waals surface area contributed by atoms with E-state index in [2.05, 4.69) is 5.48 Å². The van der Waals surface area contributed by atoms with Gasteiger partial charge >= 0.3 is 5.97 Å². The van der Waals surface area contributed by atoms with Gasteiger partial charge in [-0.3, -0.25) is 9.57 Å². The van der Waals surface area contributed by atoms with E-state index < -0.39 is 11.6 Å². The van der Waals surface area contributed by atoms with Gasteiger partial charge in [0.05, 0.1) is 0 Å². The van der Waals surface area contributed by atoms with Gasteiger partial charge in [0.25, 0.3) is 5.79 Å². The summed E-state index contributed by atoms with van der Waals surface area (Å²) in [5.41, 5.74) is 3.02. The van der Waals surface area contributed by atoms with Crippen molar-refractivity contribution in [2.45, 2.75) is 75.4 Å². The molecule has 4 fully saturated rings. The molecule has 2 aliphatic heterocycles. The molecule has 0 aromatic rings. The summed E-state index contributed by atoms with van der Waals surface area (Å²) in [6.45, 7) is 0. The molecule has 4 rings (SSSR count). The van der Waals surface area contributed by atoms with Gasteiger partial charge in [0, 0.05) is 24.8 Å². The van der Waals surface area contributed by atoms with Gasteiger partial charge < -0.3 is 4.74 Å². The summed E-state index contributed by atoms with van der Waals surface area (Å²) < 4.78 is 11.8. The van der Waals surface area contributed by atoms with Crippen LogP contribution in [-0.4, -0.2) is 23.6 Å². The highest BCUT2D eigenvalue weighted by Crippen LogP contribution is 2.51. The maximum absolute atomic E-state index is 12.4. The number of hydrogen-bond acceptors (Lipinski definition) is 5. The zero-order valence-corrected chi connectivity index (χ0v) is 11.2. The number of fused-ring (bicyclic) bond motifs is 2. The van der Waals surface area contributed by atoms with E-state index in [4.69, 9.17) is 14.3 Å². The fraction of sp³-hybridized carbons (Fsp3) is 0.929. The molecule has 1 N–H and O–H groups in total. The molecule has 106 valence electrons. The Kier molecular flexibility index (Phi) is 2.66. The van der Waals surface area contributed by atoms with Crippen LogP contribution in [0.4, 0.5) is 0 Å². The third-order valence-corrected chi connectivity index (χ3v) is 5.13. The second-order valence-electron chi connectivity index (χ2n) is 6.35. The smallest absolute Gasteiger partial charge is 0.371 e. The lowest BCUT2D eigenvalue weighted by atomic mass is 9.80. The van der Waals surface area contributed by atoms with Crippen molar-refractivity contribution in [2.24, 2.45) is 5.92 Å². The topological polar surface area (TPSA) is 56.8 Å². The standard InChI is InChI=1S/C14H21NO4/c16-12-14(10-6-2-3-7-11(10)15-19-14)18-13(17-12)8-4-1-5-9-13/h10-11,15H,1-9H2/t10?,11-,14?/m1/s1. The molecule has 2 spiro atoms. The molecular formula is C14H21NO4. The van der Waals surface area contributed by atoms with Gasteiger partial charge in [0.2, 0.25) is 5.79 Å². The quantitative estimate of drug-likeness (QED) is 0.680. The van der Waals surface area contributed by atoms with Gasteiger partial charge in [-0.15, -0.1) is 0 Å². The Morgan fingerprint density at radius 2 is 1.84 bits per heavy atom. The van der Waals surface area contributed by atoms with Crippen LogP contribution in [0.1, 0.15) is 57.8 Å². The molecule has 2 saturated carbocycles. The number of carbonyl (C=O) groups excluding carboxylic acids is 1. The number of nitrogens with one attached hydrogen (secondary N) is 1. The van der Waals surface area contributed by atoms with E-state index >= 15 is 0 Å². The van der Waals surface area contributed by atoms with Crippen molar-refractivity contribution >= 4 is 5.97 Å². The van der Waals surface area contributed by atoms with Gasteiger partial charge in [0.1, 0.15) is 0 Å². The lowest BCUT2D eigenvalue weighted by molar-refractivity contribution is -0.282. The summed E-state index contributed by atoms with van der Waals surface area (Å²) >= 11 is 0. The van der Waals surface area contributed by atoms with Crippen LogP contribution >= 0.6 is 0 Å². The first-order valence-corrected chi connectivity index (χ1v) is 7.61. The highest BCUT2D eigenvalue weighted by atomic mass is 16.9. The van der Waals surface area contributed by atoms with Gasteiger partial charge in [-0.2, -0.15) is 5.48 Å². The summed E-state index contributed by atoms with van der Waals surface area (Å²) in [5.74, 6) is -2.07. The molecule has 4 aliphatic rings. The lowest BCUT2D eigenvalue weighted by Gasteiger charge is -2.33. The van der Waals surface area contributed by atoms with E-state index in [0.29, 0.717) is 0 Å². The largest absolute Gasteiger partial charge is 0.429 e. The number of carbonyl (C=O) groups is 1. The number of esters is 1. The summed E-state index contributed by atoms with van der Waals surface area (Å²) in [6, 6.07) is 0.236. The lowest BCUT2D eigenvalue weighted by Crippen LogP contribution is -2.46. The van der Waals surface area contributed by atoms with Gasteiger partial charge in [-0.05, 0) is 25.7 Å². The second-order valence-corrected chi connectivity index (χ2v) is 6.35. The molecule has 2 unspecified atom stereocenters. The summed E-state index contributed by atoms with van der Waals surface area (Å²) in [7, 11) is 0. The zero-order chi connectivity index (χ0) is 12.9. The van der Waals surface area contributed by atoms with Crippen LogP contribution in [0.2, 0.25) is 0 Å².